The lowest BCUT2D eigenvalue weighted by atomic mass is 9.74. The van der Waals surface area contributed by atoms with E-state index in [9.17, 15) is 9.59 Å². The zero-order valence-electron chi connectivity index (χ0n) is 32.8. The van der Waals surface area contributed by atoms with Gasteiger partial charge in [0, 0.05) is 35.0 Å². The summed E-state index contributed by atoms with van der Waals surface area (Å²) in [5.41, 5.74) is 13.3. The second-order valence-corrected chi connectivity index (χ2v) is 18.6. The van der Waals surface area contributed by atoms with Crippen LogP contribution in [0.4, 0.5) is 0 Å². The third-order valence-electron chi connectivity index (χ3n) is 10.6. The summed E-state index contributed by atoms with van der Waals surface area (Å²) in [6, 6.07) is 0. The Morgan fingerprint density at radius 2 is 0.812 bits per heavy atom. The van der Waals surface area contributed by atoms with Crippen LogP contribution in [0.2, 0.25) is 0 Å². The Morgan fingerprint density at radius 1 is 0.521 bits per heavy atom. The lowest BCUT2D eigenvalue weighted by Crippen LogP contribution is -2.57. The Morgan fingerprint density at radius 3 is 1.15 bits per heavy atom. The number of nitrogens with two attached hydrogens (primary N) is 2. The Bertz CT molecular complexity index is 827. The predicted molar refractivity (Wildman–Crippen MR) is 203 cm³/mol. The molecule has 2 amide bonds. The van der Waals surface area contributed by atoms with Gasteiger partial charge in [0.15, 0.2) is 0 Å². The van der Waals surface area contributed by atoms with Crippen LogP contribution < -0.4 is 32.7 Å². The number of unbranched alkanes of at least 4 members (excludes halogenated alkanes) is 9. The minimum absolute atomic E-state index is 0.0736. The van der Waals surface area contributed by atoms with Gasteiger partial charge in [0.2, 0.25) is 11.8 Å². The molecule has 48 heavy (non-hydrogen) atoms. The van der Waals surface area contributed by atoms with Crippen molar-refractivity contribution < 1.29 is 9.59 Å². The molecule has 2 aliphatic rings. The molecule has 2 unspecified atom stereocenters. The van der Waals surface area contributed by atoms with Crippen LogP contribution in [0.15, 0.2) is 0 Å². The van der Waals surface area contributed by atoms with Gasteiger partial charge in [0.25, 0.3) is 0 Å². The lowest BCUT2D eigenvalue weighted by molar-refractivity contribution is -0.122. The van der Waals surface area contributed by atoms with E-state index in [1.165, 1.54) is 64.2 Å². The van der Waals surface area contributed by atoms with Gasteiger partial charge in [-0.15, -0.1) is 0 Å². The average Bonchev–Trinajstić information content (AvgIpc) is 2.90. The minimum Gasteiger partial charge on any atom is -0.341 e. The first-order chi connectivity index (χ1) is 22.4. The predicted octanol–water partition coefficient (Wildman–Crippen LogP) is 7.92. The summed E-state index contributed by atoms with van der Waals surface area (Å²) in [6.07, 6.45) is 22.9. The van der Waals surface area contributed by atoms with Gasteiger partial charge in [-0.2, -0.15) is 0 Å². The lowest BCUT2D eigenvalue weighted by Gasteiger charge is -2.46. The number of amides is 2. The van der Waals surface area contributed by atoms with E-state index in [0.29, 0.717) is 12.8 Å². The van der Waals surface area contributed by atoms with Crippen LogP contribution in [-0.2, 0) is 9.59 Å². The van der Waals surface area contributed by atoms with E-state index in [2.05, 4.69) is 76.7 Å². The fourth-order valence-electron chi connectivity index (χ4n) is 9.40. The first-order valence-electron chi connectivity index (χ1n) is 20.0. The first-order valence-corrected chi connectivity index (χ1v) is 20.0. The summed E-state index contributed by atoms with van der Waals surface area (Å²) in [5.74, 6) is 1.72. The monoisotopic (exact) mass is 677 g/mol. The Balaban J connectivity index is 1.38. The smallest absolute Gasteiger partial charge is 0.221 e. The SMILES string of the molecule is CC1(C)CC(CCCCCC(N)NC(=O)CCCCCCCCC(=O)NC(N)CCCCCC2CC(C)(C)NC(C)(C)C2)CC(C)(C)N1. The van der Waals surface area contributed by atoms with Gasteiger partial charge in [-0.25, -0.2) is 0 Å². The molecular formula is C40H80N6O2. The molecule has 8 N–H and O–H groups in total. The van der Waals surface area contributed by atoms with Gasteiger partial charge in [-0.05, 0) is 119 Å². The molecule has 0 bridgehead atoms. The van der Waals surface area contributed by atoms with E-state index in [1.54, 1.807) is 0 Å². The van der Waals surface area contributed by atoms with Crippen LogP contribution >= 0.6 is 0 Å². The molecular weight excluding hydrogens is 596 g/mol. The number of hydrogen-bond donors (Lipinski definition) is 6. The second-order valence-electron chi connectivity index (χ2n) is 18.6. The molecule has 0 aromatic rings. The van der Waals surface area contributed by atoms with E-state index < -0.39 is 0 Å². The number of piperidine rings is 2. The van der Waals surface area contributed by atoms with Crippen molar-refractivity contribution in [1.29, 1.82) is 0 Å². The van der Waals surface area contributed by atoms with Crippen LogP contribution in [0, 0.1) is 11.8 Å². The number of nitrogens with one attached hydrogen (secondary N) is 4. The van der Waals surface area contributed by atoms with Crippen LogP contribution in [0.25, 0.3) is 0 Å². The van der Waals surface area contributed by atoms with Gasteiger partial charge < -0.3 is 32.7 Å². The Hall–Kier alpha value is -1.22. The van der Waals surface area contributed by atoms with Crippen molar-refractivity contribution in [2.24, 2.45) is 23.3 Å². The van der Waals surface area contributed by atoms with Crippen molar-refractivity contribution in [3.05, 3.63) is 0 Å². The molecule has 2 heterocycles. The molecule has 282 valence electrons. The van der Waals surface area contributed by atoms with Gasteiger partial charge in [-0.3, -0.25) is 9.59 Å². The third-order valence-corrected chi connectivity index (χ3v) is 10.6. The van der Waals surface area contributed by atoms with Gasteiger partial charge >= 0.3 is 0 Å². The quantitative estimate of drug-likeness (QED) is 0.0481. The molecule has 8 nitrogen and oxygen atoms in total. The van der Waals surface area contributed by atoms with Crippen molar-refractivity contribution >= 4 is 11.8 Å². The number of hydrogen-bond acceptors (Lipinski definition) is 6. The molecule has 0 spiro atoms. The molecule has 2 saturated heterocycles. The molecule has 2 fully saturated rings. The minimum atomic E-state index is -0.238. The van der Waals surface area contributed by atoms with Crippen molar-refractivity contribution in [3.63, 3.8) is 0 Å². The summed E-state index contributed by atoms with van der Waals surface area (Å²) in [4.78, 5) is 24.6. The zero-order valence-corrected chi connectivity index (χ0v) is 32.8. The van der Waals surface area contributed by atoms with Crippen LogP contribution in [0.5, 0.6) is 0 Å². The molecule has 0 aromatic carbocycles. The summed E-state index contributed by atoms with van der Waals surface area (Å²) < 4.78 is 0. The molecule has 2 atom stereocenters. The highest BCUT2D eigenvalue weighted by molar-refractivity contribution is 5.76. The fraction of sp³-hybridized carbons (Fsp3) is 0.950. The van der Waals surface area contributed by atoms with Gasteiger partial charge in [0.1, 0.15) is 0 Å². The number of carbonyl (C=O) groups excluding carboxylic acids is 2. The highest BCUT2D eigenvalue weighted by atomic mass is 16.2. The molecule has 8 heteroatoms. The maximum absolute atomic E-state index is 12.3. The second kappa shape index (κ2) is 20.6. The normalized spacial score (nSPS) is 21.8. The summed E-state index contributed by atoms with van der Waals surface area (Å²) in [5, 5.41) is 13.5. The third kappa shape index (κ3) is 19.8. The van der Waals surface area contributed by atoms with E-state index in [-0.39, 0.29) is 46.3 Å². The largest absolute Gasteiger partial charge is 0.341 e. The zero-order chi connectivity index (χ0) is 35.8. The maximum atomic E-state index is 12.3. The molecule has 0 saturated carbocycles. The standard InChI is InChI=1S/C40H80N6O2/c1-37(2)27-31(28-38(3,4)45-37)21-15-13-17-23-33(41)43-35(47)25-19-11-9-10-12-20-26-36(48)44-34(42)24-18-14-16-22-32-29-39(5,6)46-40(7,8)30-32/h31-34,45-46H,9-30,41-42H2,1-8H3,(H,43,47)(H,44,48). The summed E-state index contributed by atoms with van der Waals surface area (Å²) >= 11 is 0. The summed E-state index contributed by atoms with van der Waals surface area (Å²) in [7, 11) is 0. The van der Waals surface area contributed by atoms with Crippen LogP contribution in [0.1, 0.15) is 197 Å². The van der Waals surface area contributed by atoms with E-state index in [1.807, 2.05) is 0 Å². The average molecular weight is 677 g/mol. The molecule has 0 radical (unpaired) electrons. The topological polar surface area (TPSA) is 134 Å². The number of carbonyl (C=O) groups is 2. The number of rotatable bonds is 23. The van der Waals surface area contributed by atoms with Crippen molar-refractivity contribution in [2.75, 3.05) is 0 Å². The molecule has 2 aliphatic heterocycles. The van der Waals surface area contributed by atoms with Crippen molar-refractivity contribution in [2.45, 2.75) is 231 Å². The van der Waals surface area contributed by atoms with Crippen LogP contribution in [-0.4, -0.2) is 46.3 Å². The Kier molecular flexibility index (Phi) is 18.4. The van der Waals surface area contributed by atoms with Gasteiger partial charge in [-0.1, -0.05) is 77.0 Å². The Labute approximate surface area is 296 Å². The maximum Gasteiger partial charge on any atom is 0.221 e. The summed E-state index contributed by atoms with van der Waals surface area (Å²) in [6.45, 7) is 18.6. The first kappa shape index (κ1) is 42.9. The van der Waals surface area contributed by atoms with Crippen molar-refractivity contribution in [1.82, 2.24) is 21.3 Å². The highest BCUT2D eigenvalue weighted by Crippen LogP contribution is 2.36. The van der Waals surface area contributed by atoms with Crippen LogP contribution in [0.3, 0.4) is 0 Å². The molecule has 0 aromatic heterocycles. The van der Waals surface area contributed by atoms with E-state index in [4.69, 9.17) is 11.5 Å². The highest BCUT2D eigenvalue weighted by Gasteiger charge is 2.38. The van der Waals surface area contributed by atoms with E-state index in [0.717, 1.165) is 76.0 Å². The fourth-order valence-corrected chi connectivity index (χ4v) is 9.40. The van der Waals surface area contributed by atoms with Crippen molar-refractivity contribution in [3.8, 4) is 0 Å². The van der Waals surface area contributed by atoms with E-state index >= 15 is 0 Å². The van der Waals surface area contributed by atoms with Gasteiger partial charge in [0.05, 0.1) is 12.3 Å². The molecule has 2 rings (SSSR count). The molecule has 0 aliphatic carbocycles.